The summed E-state index contributed by atoms with van der Waals surface area (Å²) >= 11 is 0. The van der Waals surface area contributed by atoms with Gasteiger partial charge in [0.05, 0.1) is 0 Å². The summed E-state index contributed by atoms with van der Waals surface area (Å²) in [6.45, 7) is 8.44. The third-order valence-electron chi connectivity index (χ3n) is 3.63. The van der Waals surface area contributed by atoms with E-state index in [-0.39, 0.29) is 0 Å². The van der Waals surface area contributed by atoms with Crippen molar-refractivity contribution in [1.29, 1.82) is 0 Å². The molecule has 0 spiro atoms. The van der Waals surface area contributed by atoms with Crippen LogP contribution in [0.4, 0.5) is 0 Å². The summed E-state index contributed by atoms with van der Waals surface area (Å²) in [5.41, 5.74) is 0. The van der Waals surface area contributed by atoms with Crippen molar-refractivity contribution in [1.82, 2.24) is 0 Å². The SMILES string of the molecule is C#CC(C)CCCCC.C#CC(O)CCCCC.C1CCOC1. The lowest BCUT2D eigenvalue weighted by Crippen LogP contribution is -2.00. The molecule has 1 aliphatic heterocycles. The van der Waals surface area contributed by atoms with Gasteiger partial charge in [0.1, 0.15) is 6.10 Å². The fourth-order valence-corrected chi connectivity index (χ4v) is 1.97. The lowest BCUT2D eigenvalue weighted by Gasteiger charge is -2.00. The summed E-state index contributed by atoms with van der Waals surface area (Å²) in [6.07, 6.45) is 21.4. The molecule has 0 aromatic heterocycles. The Hall–Kier alpha value is -0.960. The molecule has 0 radical (unpaired) electrons. The predicted octanol–water partition coefficient (Wildman–Crippen LogP) is 5.19. The molecule has 1 fully saturated rings. The molecule has 1 heterocycles. The maximum Gasteiger partial charge on any atom is 0.114 e. The number of unbranched alkanes of at least 4 members (excludes halogenated alkanes) is 4. The number of terminal acetylenes is 2. The van der Waals surface area contributed by atoms with E-state index in [2.05, 4.69) is 32.6 Å². The molecule has 0 aliphatic carbocycles. The highest BCUT2D eigenvalue weighted by atomic mass is 16.5. The van der Waals surface area contributed by atoms with E-state index in [9.17, 15) is 0 Å². The Balaban J connectivity index is 0. The van der Waals surface area contributed by atoms with E-state index in [0.29, 0.717) is 5.92 Å². The lowest BCUT2D eigenvalue weighted by molar-refractivity contribution is 0.198. The van der Waals surface area contributed by atoms with Crippen molar-refractivity contribution in [3.05, 3.63) is 0 Å². The standard InChI is InChI=1S/C9H16.C8H14O.C4H8O/c1-4-6-7-8-9(3)5-2;1-3-5-6-7-8(9)4-2;1-2-4-5-3-1/h2,9H,4,6-8H2,1,3H3;2,8-9H,3,5-7H2,1H3;1-4H2. The maximum atomic E-state index is 8.85. The van der Waals surface area contributed by atoms with Crippen molar-refractivity contribution >= 4 is 0 Å². The molecule has 0 aromatic rings. The molecule has 134 valence electrons. The van der Waals surface area contributed by atoms with Crippen LogP contribution >= 0.6 is 0 Å². The molecule has 0 bridgehead atoms. The third kappa shape index (κ3) is 23.4. The monoisotopic (exact) mass is 322 g/mol. The Bertz CT molecular complexity index is 260. The van der Waals surface area contributed by atoms with Gasteiger partial charge >= 0.3 is 0 Å². The molecule has 2 unspecified atom stereocenters. The van der Waals surface area contributed by atoms with E-state index >= 15 is 0 Å². The smallest absolute Gasteiger partial charge is 0.114 e. The van der Waals surface area contributed by atoms with Gasteiger partial charge in [-0.25, -0.2) is 0 Å². The summed E-state index contributed by atoms with van der Waals surface area (Å²) in [4.78, 5) is 0. The first-order chi connectivity index (χ1) is 11.1. The summed E-state index contributed by atoms with van der Waals surface area (Å²) in [5.74, 6) is 5.49. The van der Waals surface area contributed by atoms with Crippen molar-refractivity contribution in [2.75, 3.05) is 13.2 Å². The van der Waals surface area contributed by atoms with Gasteiger partial charge in [-0.2, -0.15) is 0 Å². The Labute approximate surface area is 145 Å². The molecule has 0 amide bonds. The first kappa shape index (κ1) is 24.3. The zero-order valence-corrected chi connectivity index (χ0v) is 15.7. The third-order valence-corrected chi connectivity index (χ3v) is 3.63. The van der Waals surface area contributed by atoms with Crippen LogP contribution in [0.15, 0.2) is 0 Å². The van der Waals surface area contributed by atoms with Crippen molar-refractivity contribution in [2.45, 2.75) is 91.1 Å². The van der Waals surface area contributed by atoms with Gasteiger partial charge in [-0.05, 0) is 32.1 Å². The Morgan fingerprint density at radius 3 is 1.78 bits per heavy atom. The highest BCUT2D eigenvalue weighted by Crippen LogP contribution is 2.07. The van der Waals surface area contributed by atoms with Crippen LogP contribution in [-0.2, 0) is 4.74 Å². The van der Waals surface area contributed by atoms with Gasteiger partial charge in [-0.3, -0.25) is 0 Å². The molecular formula is C21H38O2. The van der Waals surface area contributed by atoms with Crippen LogP contribution in [0.5, 0.6) is 0 Å². The summed E-state index contributed by atoms with van der Waals surface area (Å²) < 4.78 is 4.94. The predicted molar refractivity (Wildman–Crippen MR) is 101 cm³/mol. The maximum absolute atomic E-state index is 8.85. The van der Waals surface area contributed by atoms with E-state index in [1.807, 2.05) is 0 Å². The molecule has 1 N–H and O–H groups in total. The van der Waals surface area contributed by atoms with Crippen molar-refractivity contribution in [3.8, 4) is 24.7 Å². The number of aliphatic hydroxyl groups excluding tert-OH is 1. The molecular weight excluding hydrogens is 284 g/mol. The average molecular weight is 323 g/mol. The zero-order valence-electron chi connectivity index (χ0n) is 15.7. The van der Waals surface area contributed by atoms with E-state index in [0.717, 1.165) is 26.1 Å². The van der Waals surface area contributed by atoms with Crippen LogP contribution in [-0.4, -0.2) is 24.4 Å². The van der Waals surface area contributed by atoms with E-state index in [1.54, 1.807) is 0 Å². The fourth-order valence-electron chi connectivity index (χ4n) is 1.97. The minimum Gasteiger partial charge on any atom is -0.381 e. The normalized spacial score (nSPS) is 15.0. The minimum absolute atomic E-state index is 0.483. The van der Waals surface area contributed by atoms with Gasteiger partial charge < -0.3 is 9.84 Å². The first-order valence-electron chi connectivity index (χ1n) is 9.30. The second-order valence-corrected chi connectivity index (χ2v) is 6.06. The van der Waals surface area contributed by atoms with Crippen LogP contribution in [0.2, 0.25) is 0 Å². The number of rotatable bonds is 8. The second-order valence-electron chi connectivity index (χ2n) is 6.06. The van der Waals surface area contributed by atoms with E-state index < -0.39 is 6.10 Å². The molecule has 1 saturated heterocycles. The molecule has 0 aromatic carbocycles. The first-order valence-corrected chi connectivity index (χ1v) is 9.30. The number of hydrogen-bond donors (Lipinski definition) is 1. The van der Waals surface area contributed by atoms with Gasteiger partial charge in [0.25, 0.3) is 0 Å². The van der Waals surface area contributed by atoms with Crippen LogP contribution in [0.25, 0.3) is 0 Å². The Morgan fingerprint density at radius 2 is 1.43 bits per heavy atom. The Morgan fingerprint density at radius 1 is 0.913 bits per heavy atom. The van der Waals surface area contributed by atoms with Gasteiger partial charge in [-0.1, -0.05) is 58.8 Å². The van der Waals surface area contributed by atoms with Crippen molar-refractivity contribution in [3.63, 3.8) is 0 Å². The zero-order chi connectivity index (χ0) is 17.8. The van der Waals surface area contributed by atoms with Crippen LogP contribution in [0.1, 0.15) is 85.0 Å². The van der Waals surface area contributed by atoms with Crippen molar-refractivity contribution < 1.29 is 9.84 Å². The van der Waals surface area contributed by atoms with Gasteiger partial charge in [0.15, 0.2) is 0 Å². The fraction of sp³-hybridized carbons (Fsp3) is 0.810. The highest BCUT2D eigenvalue weighted by molar-refractivity contribution is 4.92. The number of ether oxygens (including phenoxy) is 1. The molecule has 23 heavy (non-hydrogen) atoms. The second kappa shape index (κ2) is 21.0. The van der Waals surface area contributed by atoms with Crippen molar-refractivity contribution in [2.24, 2.45) is 5.92 Å². The quantitative estimate of drug-likeness (QED) is 0.492. The van der Waals surface area contributed by atoms with Crippen LogP contribution in [0.3, 0.4) is 0 Å². The minimum atomic E-state index is -0.517. The Kier molecular flexibility index (Phi) is 22.2. The summed E-state index contributed by atoms with van der Waals surface area (Å²) in [7, 11) is 0. The van der Waals surface area contributed by atoms with Gasteiger partial charge in [0, 0.05) is 19.1 Å². The molecule has 2 heteroatoms. The van der Waals surface area contributed by atoms with Crippen LogP contribution in [0, 0.1) is 30.6 Å². The van der Waals surface area contributed by atoms with Crippen LogP contribution < -0.4 is 0 Å². The molecule has 1 aliphatic rings. The number of aliphatic hydroxyl groups is 1. The summed E-state index contributed by atoms with van der Waals surface area (Å²) in [6, 6.07) is 0. The molecule has 1 rings (SSSR count). The van der Waals surface area contributed by atoms with Gasteiger partial charge in [0.2, 0.25) is 0 Å². The average Bonchev–Trinajstić information content (AvgIpc) is 3.15. The van der Waals surface area contributed by atoms with Gasteiger partial charge in [-0.15, -0.1) is 18.8 Å². The summed E-state index contributed by atoms with van der Waals surface area (Å²) in [5, 5.41) is 8.85. The number of hydrogen-bond acceptors (Lipinski definition) is 2. The highest BCUT2D eigenvalue weighted by Gasteiger charge is 1.96. The topological polar surface area (TPSA) is 29.5 Å². The largest absolute Gasteiger partial charge is 0.381 e. The van der Waals surface area contributed by atoms with E-state index in [1.165, 1.54) is 51.4 Å². The van der Waals surface area contributed by atoms with E-state index in [4.69, 9.17) is 22.7 Å². The molecule has 2 nitrogen and oxygen atoms in total. The molecule has 0 saturated carbocycles. The lowest BCUT2D eigenvalue weighted by atomic mass is 10.0. The molecule has 2 atom stereocenters.